The van der Waals surface area contributed by atoms with Crippen molar-refractivity contribution in [1.29, 1.82) is 0 Å². The Morgan fingerprint density at radius 3 is 2.36 bits per heavy atom. The van der Waals surface area contributed by atoms with E-state index in [9.17, 15) is 14.0 Å². The molecule has 2 aromatic carbocycles. The van der Waals surface area contributed by atoms with Crippen molar-refractivity contribution in [3.63, 3.8) is 0 Å². The molecule has 2 aromatic rings. The zero-order valence-corrected chi connectivity index (χ0v) is 14.3. The lowest BCUT2D eigenvalue weighted by atomic mass is 10.1. The second-order valence-corrected chi connectivity index (χ2v) is 6.47. The summed E-state index contributed by atoms with van der Waals surface area (Å²) >= 11 is 0. The van der Waals surface area contributed by atoms with Gasteiger partial charge in [-0.25, -0.2) is 4.39 Å². The van der Waals surface area contributed by atoms with Crippen molar-refractivity contribution in [2.75, 3.05) is 14.1 Å². The Morgan fingerprint density at radius 2 is 1.76 bits per heavy atom. The van der Waals surface area contributed by atoms with Gasteiger partial charge in [-0.05, 0) is 47.7 Å². The molecule has 1 N–H and O–H groups in total. The lowest BCUT2D eigenvalue weighted by Gasteiger charge is -2.17. The average molecular weight is 340 g/mol. The highest BCUT2D eigenvalue weighted by Gasteiger charge is 2.45. The summed E-state index contributed by atoms with van der Waals surface area (Å²) in [5.74, 6) is -0.128. The smallest absolute Gasteiger partial charge is 0.251 e. The summed E-state index contributed by atoms with van der Waals surface area (Å²) in [4.78, 5) is 25.8. The fourth-order valence-corrected chi connectivity index (χ4v) is 3.09. The van der Waals surface area contributed by atoms with E-state index in [1.165, 1.54) is 12.1 Å². The van der Waals surface area contributed by atoms with Crippen LogP contribution < -0.4 is 5.32 Å². The Bertz CT molecular complexity index is 771. The van der Waals surface area contributed by atoms with E-state index in [1.807, 2.05) is 12.1 Å². The van der Waals surface area contributed by atoms with Crippen LogP contribution in [0.1, 0.15) is 33.8 Å². The predicted octanol–water partition coefficient (Wildman–Crippen LogP) is 2.95. The Labute approximate surface area is 146 Å². The van der Waals surface area contributed by atoms with Gasteiger partial charge in [0, 0.05) is 32.1 Å². The zero-order chi connectivity index (χ0) is 18.0. The van der Waals surface area contributed by atoms with Crippen molar-refractivity contribution in [1.82, 2.24) is 10.2 Å². The van der Waals surface area contributed by atoms with Crippen molar-refractivity contribution in [3.8, 4) is 0 Å². The standard InChI is InChI=1S/C20H21FN2O2/c1-22-19(24)15-5-3-13(4-6-15)12-23(2)20(25)18-11-17(18)14-7-9-16(21)10-8-14/h3-10,17-18H,11-12H2,1-2H3,(H,22,24). The van der Waals surface area contributed by atoms with Crippen LogP contribution in [0.25, 0.3) is 0 Å². The number of carbonyl (C=O) groups is 2. The van der Waals surface area contributed by atoms with E-state index < -0.39 is 0 Å². The number of hydrogen-bond donors (Lipinski definition) is 1. The third kappa shape index (κ3) is 3.87. The van der Waals surface area contributed by atoms with Gasteiger partial charge in [-0.2, -0.15) is 0 Å². The van der Waals surface area contributed by atoms with Crippen LogP contribution >= 0.6 is 0 Å². The van der Waals surface area contributed by atoms with E-state index in [0.717, 1.165) is 17.5 Å². The van der Waals surface area contributed by atoms with Gasteiger partial charge in [-0.1, -0.05) is 24.3 Å². The van der Waals surface area contributed by atoms with Crippen LogP contribution in [-0.4, -0.2) is 30.8 Å². The van der Waals surface area contributed by atoms with E-state index >= 15 is 0 Å². The Balaban J connectivity index is 1.58. The second kappa shape index (κ2) is 7.05. The maximum atomic E-state index is 13.0. The van der Waals surface area contributed by atoms with Gasteiger partial charge in [0.2, 0.25) is 5.91 Å². The summed E-state index contributed by atoms with van der Waals surface area (Å²) in [6, 6.07) is 13.6. The Morgan fingerprint density at radius 1 is 1.12 bits per heavy atom. The molecule has 2 amide bonds. The van der Waals surface area contributed by atoms with Gasteiger partial charge < -0.3 is 10.2 Å². The minimum Gasteiger partial charge on any atom is -0.355 e. The molecule has 1 fully saturated rings. The van der Waals surface area contributed by atoms with Crippen LogP contribution in [0.5, 0.6) is 0 Å². The summed E-state index contributed by atoms with van der Waals surface area (Å²) in [5.41, 5.74) is 2.59. The first-order chi connectivity index (χ1) is 12.0. The number of benzene rings is 2. The second-order valence-electron chi connectivity index (χ2n) is 6.47. The topological polar surface area (TPSA) is 49.4 Å². The molecule has 0 radical (unpaired) electrons. The largest absolute Gasteiger partial charge is 0.355 e. The molecule has 0 spiro atoms. The number of amides is 2. The van der Waals surface area contributed by atoms with Crippen molar-refractivity contribution in [2.45, 2.75) is 18.9 Å². The van der Waals surface area contributed by atoms with Crippen molar-refractivity contribution < 1.29 is 14.0 Å². The molecule has 2 atom stereocenters. The van der Waals surface area contributed by atoms with Gasteiger partial charge in [0.25, 0.3) is 5.91 Å². The molecule has 0 bridgehead atoms. The normalized spacial score (nSPS) is 18.5. The minimum absolute atomic E-state index is 0.0272. The lowest BCUT2D eigenvalue weighted by Crippen LogP contribution is -2.28. The van der Waals surface area contributed by atoms with E-state index in [4.69, 9.17) is 0 Å². The van der Waals surface area contributed by atoms with Crippen LogP contribution in [0.15, 0.2) is 48.5 Å². The molecule has 25 heavy (non-hydrogen) atoms. The summed E-state index contributed by atoms with van der Waals surface area (Å²) in [6.45, 7) is 0.499. The van der Waals surface area contributed by atoms with E-state index in [0.29, 0.717) is 12.1 Å². The molecule has 1 saturated carbocycles. The van der Waals surface area contributed by atoms with Crippen molar-refractivity contribution >= 4 is 11.8 Å². The highest BCUT2D eigenvalue weighted by Crippen LogP contribution is 2.48. The van der Waals surface area contributed by atoms with Crippen LogP contribution in [0.4, 0.5) is 4.39 Å². The third-order valence-corrected chi connectivity index (χ3v) is 4.64. The Hall–Kier alpha value is -2.69. The zero-order valence-electron chi connectivity index (χ0n) is 14.3. The molecule has 5 heteroatoms. The van der Waals surface area contributed by atoms with E-state index in [-0.39, 0.29) is 29.5 Å². The highest BCUT2D eigenvalue weighted by atomic mass is 19.1. The summed E-state index contributed by atoms with van der Waals surface area (Å²) in [5, 5.41) is 2.58. The maximum absolute atomic E-state index is 13.0. The molecule has 1 aliphatic carbocycles. The van der Waals surface area contributed by atoms with Crippen LogP contribution in [0.3, 0.4) is 0 Å². The molecule has 4 nitrogen and oxygen atoms in total. The fourth-order valence-electron chi connectivity index (χ4n) is 3.09. The number of rotatable bonds is 5. The number of halogens is 1. The van der Waals surface area contributed by atoms with Crippen LogP contribution in [0.2, 0.25) is 0 Å². The van der Waals surface area contributed by atoms with Gasteiger partial charge >= 0.3 is 0 Å². The number of hydrogen-bond acceptors (Lipinski definition) is 2. The first-order valence-corrected chi connectivity index (χ1v) is 8.31. The number of nitrogens with one attached hydrogen (secondary N) is 1. The maximum Gasteiger partial charge on any atom is 0.251 e. The van der Waals surface area contributed by atoms with Gasteiger partial charge in [0.05, 0.1) is 0 Å². The molecule has 3 rings (SSSR count). The fraction of sp³-hybridized carbons (Fsp3) is 0.300. The number of carbonyl (C=O) groups excluding carboxylic acids is 2. The van der Waals surface area contributed by atoms with Gasteiger partial charge in [0.1, 0.15) is 5.82 Å². The van der Waals surface area contributed by atoms with Crippen LogP contribution in [-0.2, 0) is 11.3 Å². The average Bonchev–Trinajstić information content (AvgIpc) is 3.42. The molecule has 0 saturated heterocycles. The van der Waals surface area contributed by atoms with E-state index in [2.05, 4.69) is 5.32 Å². The third-order valence-electron chi connectivity index (χ3n) is 4.64. The van der Waals surface area contributed by atoms with Gasteiger partial charge in [0.15, 0.2) is 0 Å². The summed E-state index contributed by atoms with van der Waals surface area (Å²) in [7, 11) is 3.38. The molecular formula is C20H21FN2O2. The summed E-state index contributed by atoms with van der Waals surface area (Å²) in [6.07, 6.45) is 0.810. The molecule has 130 valence electrons. The van der Waals surface area contributed by atoms with E-state index in [1.54, 1.807) is 43.3 Å². The summed E-state index contributed by atoms with van der Waals surface area (Å²) < 4.78 is 13.0. The minimum atomic E-state index is -0.260. The highest BCUT2D eigenvalue weighted by molar-refractivity contribution is 5.93. The number of nitrogens with zero attached hydrogens (tertiary/aromatic N) is 1. The molecular weight excluding hydrogens is 319 g/mol. The van der Waals surface area contributed by atoms with Crippen molar-refractivity contribution in [3.05, 3.63) is 71.0 Å². The van der Waals surface area contributed by atoms with Crippen LogP contribution in [0, 0.1) is 11.7 Å². The van der Waals surface area contributed by atoms with Gasteiger partial charge in [-0.15, -0.1) is 0 Å². The predicted molar refractivity (Wildman–Crippen MR) is 93.6 cm³/mol. The first kappa shape index (κ1) is 17.1. The molecule has 2 unspecified atom stereocenters. The monoisotopic (exact) mass is 340 g/mol. The quantitative estimate of drug-likeness (QED) is 0.910. The van der Waals surface area contributed by atoms with Crippen molar-refractivity contribution in [2.24, 2.45) is 5.92 Å². The van der Waals surface area contributed by atoms with Gasteiger partial charge in [-0.3, -0.25) is 9.59 Å². The molecule has 0 aromatic heterocycles. The molecule has 1 aliphatic rings. The first-order valence-electron chi connectivity index (χ1n) is 8.31. The molecule has 0 heterocycles. The SMILES string of the molecule is CNC(=O)c1ccc(CN(C)C(=O)C2CC2c2ccc(F)cc2)cc1. The Kier molecular flexibility index (Phi) is 4.83. The lowest BCUT2D eigenvalue weighted by molar-refractivity contribution is -0.131. The molecule has 0 aliphatic heterocycles.